The Bertz CT molecular complexity index is 869. The van der Waals surface area contributed by atoms with Crippen LogP contribution in [-0.2, 0) is 19.4 Å². The van der Waals surface area contributed by atoms with Crippen LogP contribution in [0.4, 0.5) is 0 Å². The second-order valence-corrected chi connectivity index (χ2v) is 8.55. The minimum atomic E-state index is -0.899. The molecular weight excluding hydrogens is 376 g/mol. The van der Waals surface area contributed by atoms with E-state index in [4.69, 9.17) is 16.3 Å². The van der Waals surface area contributed by atoms with Crippen molar-refractivity contribution in [1.29, 1.82) is 0 Å². The summed E-state index contributed by atoms with van der Waals surface area (Å²) in [6, 6.07) is 5.90. The average Bonchev–Trinajstić information content (AvgIpc) is 3.27. The number of benzene rings is 1. The molecule has 1 aromatic heterocycles. The smallest absolute Gasteiger partial charge is 0.356 e. The maximum atomic E-state index is 11.4. The van der Waals surface area contributed by atoms with Crippen LogP contribution >= 0.6 is 11.6 Å². The van der Waals surface area contributed by atoms with Gasteiger partial charge in [0.2, 0.25) is 0 Å². The number of hydrogen-bond donors (Lipinski definition) is 1. The van der Waals surface area contributed by atoms with E-state index in [1.165, 1.54) is 0 Å². The summed E-state index contributed by atoms with van der Waals surface area (Å²) < 4.78 is 8.11. The fourth-order valence-electron chi connectivity index (χ4n) is 4.59. The zero-order valence-electron chi connectivity index (χ0n) is 16.3. The molecule has 2 aliphatic rings. The van der Waals surface area contributed by atoms with E-state index >= 15 is 0 Å². The van der Waals surface area contributed by atoms with Crippen molar-refractivity contribution in [1.82, 2.24) is 9.78 Å². The molecule has 0 amide bonds. The minimum Gasteiger partial charge on any atom is -0.489 e. The number of aromatic carboxylic acids is 1. The monoisotopic (exact) mass is 402 g/mol. The van der Waals surface area contributed by atoms with Gasteiger partial charge in [0, 0.05) is 17.8 Å². The fourth-order valence-corrected chi connectivity index (χ4v) is 4.75. The highest BCUT2D eigenvalue weighted by Gasteiger charge is 2.27. The van der Waals surface area contributed by atoms with Crippen molar-refractivity contribution in [3.05, 3.63) is 45.7 Å². The van der Waals surface area contributed by atoms with Gasteiger partial charge >= 0.3 is 5.97 Å². The Morgan fingerprint density at radius 1 is 1.29 bits per heavy atom. The number of carboxylic acids is 1. The number of ether oxygens (including phenoxy) is 1. The third kappa shape index (κ3) is 4.04. The van der Waals surface area contributed by atoms with Crippen molar-refractivity contribution < 1.29 is 14.6 Å². The number of fused-ring (bicyclic) bond motifs is 1. The molecule has 1 fully saturated rings. The van der Waals surface area contributed by atoms with Gasteiger partial charge in [-0.15, -0.1) is 0 Å². The molecule has 0 atom stereocenters. The van der Waals surface area contributed by atoms with Gasteiger partial charge < -0.3 is 9.84 Å². The lowest BCUT2D eigenvalue weighted by Crippen LogP contribution is -2.25. The first-order chi connectivity index (χ1) is 13.5. The molecule has 150 valence electrons. The average molecular weight is 403 g/mol. The number of nitrogens with zero attached hydrogens (tertiary/aromatic N) is 2. The Balaban J connectivity index is 1.30. The van der Waals surface area contributed by atoms with Crippen LogP contribution in [-0.4, -0.2) is 27.0 Å². The van der Waals surface area contributed by atoms with Gasteiger partial charge in [-0.1, -0.05) is 17.7 Å². The summed E-state index contributed by atoms with van der Waals surface area (Å²) in [6.45, 7) is 2.86. The van der Waals surface area contributed by atoms with Crippen molar-refractivity contribution in [3.8, 4) is 5.75 Å². The number of aryl methyl sites for hydroxylation is 2. The van der Waals surface area contributed by atoms with Gasteiger partial charge in [-0.25, -0.2) is 4.79 Å². The van der Waals surface area contributed by atoms with E-state index in [2.05, 4.69) is 5.10 Å². The second-order valence-electron chi connectivity index (χ2n) is 8.14. The van der Waals surface area contributed by atoms with E-state index < -0.39 is 5.97 Å². The van der Waals surface area contributed by atoms with Gasteiger partial charge in [-0.2, -0.15) is 5.10 Å². The Labute approximate surface area is 170 Å². The predicted octanol–water partition coefficient (Wildman–Crippen LogP) is 5.06. The van der Waals surface area contributed by atoms with E-state index in [-0.39, 0.29) is 11.8 Å². The third-order valence-corrected chi connectivity index (χ3v) is 6.44. The van der Waals surface area contributed by atoms with Gasteiger partial charge in [0.25, 0.3) is 0 Å². The van der Waals surface area contributed by atoms with Crippen LogP contribution in [0.25, 0.3) is 0 Å². The van der Waals surface area contributed by atoms with Crippen LogP contribution in [0.2, 0.25) is 5.02 Å². The Hall–Kier alpha value is -2.01. The molecule has 0 spiro atoms. The minimum absolute atomic E-state index is 0.225. The highest BCUT2D eigenvalue weighted by molar-refractivity contribution is 6.32. The molecule has 28 heavy (non-hydrogen) atoms. The molecule has 1 heterocycles. The molecule has 6 heteroatoms. The number of hydrogen-bond acceptors (Lipinski definition) is 3. The summed E-state index contributed by atoms with van der Waals surface area (Å²) in [5.74, 6) is 0.533. The topological polar surface area (TPSA) is 64.4 Å². The molecule has 0 saturated heterocycles. The zero-order valence-corrected chi connectivity index (χ0v) is 17.0. The number of carboxylic acid groups (broad SMARTS) is 1. The quantitative estimate of drug-likeness (QED) is 0.733. The molecule has 2 aromatic rings. The lowest BCUT2D eigenvalue weighted by molar-refractivity contribution is 0.0688. The molecule has 2 aliphatic carbocycles. The Kier molecular flexibility index (Phi) is 5.63. The molecule has 0 unspecified atom stereocenters. The number of rotatable bonds is 6. The first-order valence-electron chi connectivity index (χ1n) is 10.3. The van der Waals surface area contributed by atoms with Crippen molar-refractivity contribution in [2.75, 3.05) is 0 Å². The van der Waals surface area contributed by atoms with E-state index in [9.17, 15) is 9.90 Å². The van der Waals surface area contributed by atoms with Crippen molar-refractivity contribution in [2.24, 2.45) is 5.92 Å². The number of carbonyl (C=O) groups is 1. The van der Waals surface area contributed by atoms with E-state index in [0.717, 1.165) is 80.5 Å². The largest absolute Gasteiger partial charge is 0.489 e. The van der Waals surface area contributed by atoms with Gasteiger partial charge in [0.15, 0.2) is 5.69 Å². The van der Waals surface area contributed by atoms with Crippen molar-refractivity contribution in [2.45, 2.75) is 70.9 Å². The number of aromatic nitrogens is 2. The van der Waals surface area contributed by atoms with Crippen LogP contribution in [0.1, 0.15) is 65.8 Å². The zero-order chi connectivity index (χ0) is 19.7. The van der Waals surface area contributed by atoms with Crippen molar-refractivity contribution in [3.63, 3.8) is 0 Å². The maximum absolute atomic E-state index is 11.4. The molecular formula is C22H27ClN2O3. The molecule has 5 nitrogen and oxygen atoms in total. The normalized spacial score (nSPS) is 21.5. The van der Waals surface area contributed by atoms with Gasteiger partial charge in [0.1, 0.15) is 5.75 Å². The molecule has 4 rings (SSSR count). The highest BCUT2D eigenvalue weighted by Crippen LogP contribution is 2.33. The van der Waals surface area contributed by atoms with E-state index in [0.29, 0.717) is 10.9 Å². The SMILES string of the molecule is Cc1ccc(Cl)c(O[C@H]2CC[C@@H](CCn3nc(C(=O)O)c4c3CCC4)CC2)c1. The Morgan fingerprint density at radius 2 is 2.07 bits per heavy atom. The van der Waals surface area contributed by atoms with E-state index in [1.54, 1.807) is 0 Å². The molecule has 0 radical (unpaired) electrons. The van der Waals surface area contributed by atoms with Crippen LogP contribution in [0.15, 0.2) is 18.2 Å². The molecule has 1 N–H and O–H groups in total. The lowest BCUT2D eigenvalue weighted by atomic mass is 9.85. The standard InChI is InChI=1S/C22H27ClN2O3/c1-14-5-10-18(23)20(13-14)28-16-8-6-15(7-9-16)11-12-25-19-4-2-3-17(19)21(24-25)22(26)27/h5,10,13,15-16H,2-4,6-9,11-12H2,1H3,(H,26,27)/t15-,16+. The first kappa shape index (κ1) is 19.3. The molecule has 1 aromatic carbocycles. The fraction of sp³-hybridized carbons (Fsp3) is 0.545. The Morgan fingerprint density at radius 3 is 2.82 bits per heavy atom. The highest BCUT2D eigenvalue weighted by atomic mass is 35.5. The van der Waals surface area contributed by atoms with Gasteiger partial charge in [0.05, 0.1) is 11.1 Å². The lowest BCUT2D eigenvalue weighted by Gasteiger charge is -2.29. The van der Waals surface area contributed by atoms with Crippen LogP contribution < -0.4 is 4.74 Å². The van der Waals surface area contributed by atoms with Crippen LogP contribution in [0, 0.1) is 12.8 Å². The molecule has 1 saturated carbocycles. The van der Waals surface area contributed by atoms with Crippen molar-refractivity contribution >= 4 is 17.6 Å². The summed E-state index contributed by atoms with van der Waals surface area (Å²) in [7, 11) is 0. The van der Waals surface area contributed by atoms with Gasteiger partial charge in [-0.3, -0.25) is 4.68 Å². The maximum Gasteiger partial charge on any atom is 0.356 e. The van der Waals surface area contributed by atoms with Gasteiger partial charge in [-0.05, 0) is 81.9 Å². The first-order valence-corrected chi connectivity index (χ1v) is 10.6. The second kappa shape index (κ2) is 8.16. The summed E-state index contributed by atoms with van der Waals surface area (Å²) >= 11 is 6.26. The predicted molar refractivity (Wildman–Crippen MR) is 108 cm³/mol. The summed E-state index contributed by atoms with van der Waals surface area (Å²) in [5, 5.41) is 14.4. The van der Waals surface area contributed by atoms with E-state index in [1.807, 2.05) is 29.8 Å². The molecule has 0 bridgehead atoms. The summed E-state index contributed by atoms with van der Waals surface area (Å²) in [6.07, 6.45) is 8.44. The number of halogens is 1. The van der Waals surface area contributed by atoms with Crippen LogP contribution in [0.3, 0.4) is 0 Å². The third-order valence-electron chi connectivity index (χ3n) is 6.13. The summed E-state index contributed by atoms with van der Waals surface area (Å²) in [4.78, 5) is 11.4. The summed E-state index contributed by atoms with van der Waals surface area (Å²) in [5.41, 5.74) is 3.52. The van der Waals surface area contributed by atoms with Crippen LogP contribution in [0.5, 0.6) is 5.75 Å². The molecule has 0 aliphatic heterocycles.